The Kier molecular flexibility index (Phi) is 3.29. The summed E-state index contributed by atoms with van der Waals surface area (Å²) in [5, 5.41) is 6.95. The minimum absolute atomic E-state index is 0.987. The number of fused-ring (bicyclic) bond motifs is 1. The smallest absolute Gasteiger partial charge is 0.0389 e. The number of nitrogens with one attached hydrogen (secondary N) is 2. The van der Waals surface area contributed by atoms with E-state index in [0.29, 0.717) is 0 Å². The molecule has 2 nitrogen and oxygen atoms in total. The van der Waals surface area contributed by atoms with E-state index in [-0.39, 0.29) is 0 Å². The third-order valence-electron chi connectivity index (χ3n) is 3.46. The molecule has 1 aliphatic heterocycles. The third kappa shape index (κ3) is 2.39. The van der Waals surface area contributed by atoms with Crippen LogP contribution in [0.2, 0.25) is 0 Å². The van der Waals surface area contributed by atoms with Crippen molar-refractivity contribution in [2.45, 2.75) is 19.5 Å². The molecule has 0 saturated carbocycles. The van der Waals surface area contributed by atoms with Crippen molar-refractivity contribution >= 4 is 5.69 Å². The summed E-state index contributed by atoms with van der Waals surface area (Å²) < 4.78 is 0. The fourth-order valence-electron chi connectivity index (χ4n) is 2.48. The molecule has 3 rings (SSSR count). The molecule has 0 fully saturated rings. The van der Waals surface area contributed by atoms with E-state index >= 15 is 0 Å². The minimum Gasteiger partial charge on any atom is -0.384 e. The molecular weight excluding hydrogens is 220 g/mol. The maximum atomic E-state index is 3.55. The van der Waals surface area contributed by atoms with Gasteiger partial charge in [0, 0.05) is 25.3 Å². The zero-order valence-electron chi connectivity index (χ0n) is 10.4. The fourth-order valence-corrected chi connectivity index (χ4v) is 2.48. The van der Waals surface area contributed by atoms with Gasteiger partial charge in [0.15, 0.2) is 0 Å². The molecule has 0 aromatic heterocycles. The van der Waals surface area contributed by atoms with Gasteiger partial charge in [-0.25, -0.2) is 0 Å². The van der Waals surface area contributed by atoms with E-state index in [1.54, 1.807) is 0 Å². The molecule has 1 heterocycles. The predicted molar refractivity (Wildman–Crippen MR) is 75.6 cm³/mol. The van der Waals surface area contributed by atoms with Gasteiger partial charge in [0.2, 0.25) is 0 Å². The molecule has 2 aromatic carbocycles. The number of hydrogen-bond acceptors (Lipinski definition) is 2. The van der Waals surface area contributed by atoms with E-state index in [1.807, 2.05) is 0 Å². The van der Waals surface area contributed by atoms with Crippen molar-refractivity contribution in [2.24, 2.45) is 0 Å². The van der Waals surface area contributed by atoms with Crippen LogP contribution in [0.1, 0.15) is 16.7 Å². The van der Waals surface area contributed by atoms with E-state index in [2.05, 4.69) is 59.2 Å². The average molecular weight is 238 g/mol. The molecular formula is C16H18N2. The maximum absolute atomic E-state index is 3.55. The van der Waals surface area contributed by atoms with Crippen molar-refractivity contribution in [1.82, 2.24) is 5.32 Å². The highest BCUT2D eigenvalue weighted by atomic mass is 14.9. The van der Waals surface area contributed by atoms with Gasteiger partial charge in [0.1, 0.15) is 0 Å². The highest BCUT2D eigenvalue weighted by molar-refractivity contribution is 5.56. The van der Waals surface area contributed by atoms with Crippen LogP contribution < -0.4 is 10.6 Å². The first-order valence-electron chi connectivity index (χ1n) is 6.53. The van der Waals surface area contributed by atoms with Crippen LogP contribution in [-0.2, 0) is 19.5 Å². The Hall–Kier alpha value is -1.80. The highest BCUT2D eigenvalue weighted by Gasteiger charge is 2.12. The van der Waals surface area contributed by atoms with Crippen molar-refractivity contribution in [3.63, 3.8) is 0 Å². The summed E-state index contributed by atoms with van der Waals surface area (Å²) in [6.07, 6.45) is 1.07. The molecule has 0 unspecified atom stereocenters. The second kappa shape index (κ2) is 5.23. The van der Waals surface area contributed by atoms with E-state index < -0.39 is 0 Å². The standard InChI is InChI=1S/C16H18N2/c1-2-5-13(6-3-1)9-10-18-16-8-4-7-14-11-17-12-15(14)16/h1-8,17-18H,9-12H2. The van der Waals surface area contributed by atoms with Gasteiger partial charge in [-0.2, -0.15) is 0 Å². The van der Waals surface area contributed by atoms with Crippen LogP contribution >= 0.6 is 0 Å². The lowest BCUT2D eigenvalue weighted by atomic mass is 10.1. The Labute approximate surface area is 108 Å². The van der Waals surface area contributed by atoms with Gasteiger partial charge in [0.25, 0.3) is 0 Å². The monoisotopic (exact) mass is 238 g/mol. The van der Waals surface area contributed by atoms with Crippen molar-refractivity contribution in [1.29, 1.82) is 0 Å². The average Bonchev–Trinajstić information content (AvgIpc) is 2.89. The third-order valence-corrected chi connectivity index (χ3v) is 3.46. The second-order valence-corrected chi connectivity index (χ2v) is 4.71. The first-order valence-corrected chi connectivity index (χ1v) is 6.53. The summed E-state index contributed by atoms with van der Waals surface area (Å²) in [5.74, 6) is 0. The minimum atomic E-state index is 0.987. The lowest BCUT2D eigenvalue weighted by molar-refractivity contribution is 0.765. The van der Waals surface area contributed by atoms with Crippen LogP contribution in [0.3, 0.4) is 0 Å². The van der Waals surface area contributed by atoms with Crippen LogP contribution in [0.15, 0.2) is 48.5 Å². The van der Waals surface area contributed by atoms with Gasteiger partial charge in [-0.1, -0.05) is 42.5 Å². The molecule has 0 saturated heterocycles. The zero-order valence-corrected chi connectivity index (χ0v) is 10.4. The van der Waals surface area contributed by atoms with Crippen LogP contribution in [0.5, 0.6) is 0 Å². The summed E-state index contributed by atoms with van der Waals surface area (Å²) >= 11 is 0. The summed E-state index contributed by atoms with van der Waals surface area (Å²) in [6, 6.07) is 17.1. The number of benzene rings is 2. The Morgan fingerprint density at radius 3 is 2.72 bits per heavy atom. The first-order chi connectivity index (χ1) is 8.93. The summed E-state index contributed by atoms with van der Waals surface area (Å²) in [6.45, 7) is 2.98. The van der Waals surface area contributed by atoms with E-state index in [0.717, 1.165) is 26.1 Å². The second-order valence-electron chi connectivity index (χ2n) is 4.71. The molecule has 1 aliphatic rings. The fraction of sp³-hybridized carbons (Fsp3) is 0.250. The largest absolute Gasteiger partial charge is 0.384 e. The molecule has 0 atom stereocenters. The van der Waals surface area contributed by atoms with Crippen LogP contribution in [0.4, 0.5) is 5.69 Å². The zero-order chi connectivity index (χ0) is 12.2. The van der Waals surface area contributed by atoms with Crippen molar-refractivity contribution < 1.29 is 0 Å². The lowest BCUT2D eigenvalue weighted by Crippen LogP contribution is -2.07. The van der Waals surface area contributed by atoms with Crippen LogP contribution in [0.25, 0.3) is 0 Å². The Bertz CT molecular complexity index is 520. The highest BCUT2D eigenvalue weighted by Crippen LogP contribution is 2.23. The molecule has 18 heavy (non-hydrogen) atoms. The van der Waals surface area contributed by atoms with Gasteiger partial charge in [0.05, 0.1) is 0 Å². The van der Waals surface area contributed by atoms with Gasteiger partial charge in [-0.3, -0.25) is 0 Å². The summed E-state index contributed by atoms with van der Waals surface area (Å²) in [4.78, 5) is 0. The van der Waals surface area contributed by atoms with Gasteiger partial charge in [-0.05, 0) is 29.2 Å². The molecule has 0 bridgehead atoms. The van der Waals surface area contributed by atoms with E-state index in [1.165, 1.54) is 22.4 Å². The molecule has 2 heteroatoms. The van der Waals surface area contributed by atoms with Gasteiger partial charge < -0.3 is 10.6 Å². The van der Waals surface area contributed by atoms with E-state index in [9.17, 15) is 0 Å². The molecule has 0 amide bonds. The molecule has 0 radical (unpaired) electrons. The lowest BCUT2D eigenvalue weighted by Gasteiger charge is -2.10. The number of rotatable bonds is 4. The SMILES string of the molecule is c1ccc(CCNc2cccc3c2CNC3)cc1. The normalized spacial score (nSPS) is 13.3. The van der Waals surface area contributed by atoms with Crippen molar-refractivity contribution in [2.75, 3.05) is 11.9 Å². The first kappa shape index (κ1) is 11.3. The van der Waals surface area contributed by atoms with Crippen molar-refractivity contribution in [3.05, 3.63) is 65.2 Å². The molecule has 2 aromatic rings. The van der Waals surface area contributed by atoms with Gasteiger partial charge in [-0.15, -0.1) is 0 Å². The van der Waals surface area contributed by atoms with Crippen LogP contribution in [-0.4, -0.2) is 6.54 Å². The molecule has 92 valence electrons. The van der Waals surface area contributed by atoms with E-state index in [4.69, 9.17) is 0 Å². The predicted octanol–water partition coefficient (Wildman–Crippen LogP) is 2.94. The number of anilines is 1. The van der Waals surface area contributed by atoms with Gasteiger partial charge >= 0.3 is 0 Å². The molecule has 0 spiro atoms. The molecule has 2 N–H and O–H groups in total. The Morgan fingerprint density at radius 2 is 1.83 bits per heavy atom. The Balaban J connectivity index is 1.63. The Morgan fingerprint density at radius 1 is 0.944 bits per heavy atom. The summed E-state index contributed by atoms with van der Waals surface area (Å²) in [7, 11) is 0. The topological polar surface area (TPSA) is 24.1 Å². The number of hydrogen-bond donors (Lipinski definition) is 2. The van der Waals surface area contributed by atoms with Crippen LogP contribution in [0, 0.1) is 0 Å². The summed E-state index contributed by atoms with van der Waals surface area (Å²) in [5.41, 5.74) is 5.54. The quantitative estimate of drug-likeness (QED) is 0.855. The molecule has 0 aliphatic carbocycles. The van der Waals surface area contributed by atoms with Crippen molar-refractivity contribution in [3.8, 4) is 0 Å². The maximum Gasteiger partial charge on any atom is 0.0389 e.